The Morgan fingerprint density at radius 3 is 2.88 bits per heavy atom. The summed E-state index contributed by atoms with van der Waals surface area (Å²) in [5.74, 6) is 0.142. The van der Waals surface area contributed by atoms with Gasteiger partial charge in [0.2, 0.25) is 0 Å². The molecule has 0 unspecified atom stereocenters. The second kappa shape index (κ2) is 8.28. The first-order valence-corrected chi connectivity index (χ1v) is 7.01. The number of benzene rings is 1. The second-order valence-electron chi connectivity index (χ2n) is 4.61. The van der Waals surface area contributed by atoms with Gasteiger partial charge >= 0.3 is 5.69 Å². The molecular weight excluding hydrogens is 314 g/mol. The fourth-order valence-electron chi connectivity index (χ4n) is 1.71. The lowest BCUT2D eigenvalue weighted by molar-refractivity contribution is -0.386. The first kappa shape index (κ1) is 16.9. The van der Waals surface area contributed by atoms with Crippen molar-refractivity contribution in [2.75, 3.05) is 0 Å². The number of nitro groups is 1. The van der Waals surface area contributed by atoms with Crippen LogP contribution in [0, 0.1) is 10.1 Å². The molecule has 0 aliphatic carbocycles. The first-order valence-electron chi connectivity index (χ1n) is 7.01. The minimum atomic E-state index is -0.947. The number of nitrogens with zero attached hydrogens (tertiary/aromatic N) is 2. The zero-order chi connectivity index (χ0) is 17.4. The van der Waals surface area contributed by atoms with Crippen molar-refractivity contribution >= 4 is 23.9 Å². The van der Waals surface area contributed by atoms with Crippen molar-refractivity contribution in [3.63, 3.8) is 0 Å². The number of amides is 1. The van der Waals surface area contributed by atoms with E-state index in [4.69, 9.17) is 9.15 Å². The van der Waals surface area contributed by atoms with E-state index in [1.807, 2.05) is 0 Å². The van der Waals surface area contributed by atoms with Gasteiger partial charge in [-0.15, -0.1) is 0 Å². The average molecular weight is 329 g/mol. The number of nitro benzene ring substituents is 1. The summed E-state index contributed by atoms with van der Waals surface area (Å²) in [6, 6.07) is 9.36. The molecular formula is C16H15N3O5. The molecule has 0 fully saturated rings. The molecule has 0 saturated heterocycles. The van der Waals surface area contributed by atoms with Gasteiger partial charge in [-0.3, -0.25) is 14.9 Å². The zero-order valence-electron chi connectivity index (χ0n) is 12.8. The molecule has 2 aromatic rings. The maximum Gasteiger partial charge on any atom is 0.310 e. The largest absolute Gasteiger partial charge is 0.474 e. The van der Waals surface area contributed by atoms with Gasteiger partial charge in [-0.25, -0.2) is 5.43 Å². The summed E-state index contributed by atoms with van der Waals surface area (Å²) in [5, 5.41) is 14.6. The fourth-order valence-corrected chi connectivity index (χ4v) is 1.71. The zero-order valence-corrected chi connectivity index (χ0v) is 12.8. The third-order valence-electron chi connectivity index (χ3n) is 2.87. The van der Waals surface area contributed by atoms with Gasteiger partial charge in [-0.05, 0) is 37.3 Å². The molecule has 1 atom stereocenters. The van der Waals surface area contributed by atoms with Crippen LogP contribution in [0.1, 0.15) is 12.7 Å². The van der Waals surface area contributed by atoms with E-state index in [0.29, 0.717) is 5.76 Å². The van der Waals surface area contributed by atoms with Crippen LogP contribution in [0.15, 0.2) is 58.3 Å². The van der Waals surface area contributed by atoms with Crippen LogP contribution in [0.3, 0.4) is 0 Å². The van der Waals surface area contributed by atoms with E-state index in [1.165, 1.54) is 31.3 Å². The van der Waals surface area contributed by atoms with Crippen molar-refractivity contribution in [1.82, 2.24) is 5.43 Å². The Hall–Kier alpha value is -3.42. The topological polar surface area (TPSA) is 107 Å². The Labute approximate surface area is 137 Å². The van der Waals surface area contributed by atoms with E-state index < -0.39 is 16.9 Å². The lowest BCUT2D eigenvalue weighted by Gasteiger charge is -2.12. The van der Waals surface area contributed by atoms with Crippen molar-refractivity contribution in [3.8, 4) is 5.75 Å². The Morgan fingerprint density at radius 2 is 2.17 bits per heavy atom. The number of nitrogens with one attached hydrogen (secondary N) is 1. The molecule has 8 nitrogen and oxygen atoms in total. The monoisotopic (exact) mass is 329 g/mol. The van der Waals surface area contributed by atoms with E-state index in [1.54, 1.807) is 36.6 Å². The van der Waals surface area contributed by atoms with Crippen LogP contribution in [-0.2, 0) is 4.79 Å². The van der Waals surface area contributed by atoms with Gasteiger partial charge in [0.1, 0.15) is 5.76 Å². The average Bonchev–Trinajstić information content (AvgIpc) is 3.08. The molecule has 0 radical (unpaired) electrons. The standard InChI is InChI=1S/C16H15N3O5/c1-12(24-15-9-3-2-8-14(15)19(21)22)16(20)18-17-10-4-6-13-7-5-11-23-13/h2-12H,1H3,(H,18,20)/b6-4+,17-10-/t12-/m1/s1. The third kappa shape index (κ3) is 4.80. The molecule has 1 amide bonds. The predicted octanol–water partition coefficient (Wildman–Crippen LogP) is 2.77. The van der Waals surface area contributed by atoms with Crippen LogP contribution in [0.5, 0.6) is 5.75 Å². The third-order valence-corrected chi connectivity index (χ3v) is 2.87. The van der Waals surface area contributed by atoms with E-state index in [0.717, 1.165) is 0 Å². The van der Waals surface area contributed by atoms with Crippen molar-refractivity contribution in [2.45, 2.75) is 13.0 Å². The number of carbonyl (C=O) groups is 1. The molecule has 1 aromatic heterocycles. The van der Waals surface area contributed by atoms with E-state index in [9.17, 15) is 14.9 Å². The Kier molecular flexibility index (Phi) is 5.84. The number of ether oxygens (including phenoxy) is 1. The summed E-state index contributed by atoms with van der Waals surface area (Å²) in [7, 11) is 0. The number of hydrazone groups is 1. The number of para-hydroxylation sites is 2. The predicted molar refractivity (Wildman–Crippen MR) is 87.6 cm³/mol. The Bertz CT molecular complexity index is 753. The Balaban J connectivity index is 1.87. The second-order valence-corrected chi connectivity index (χ2v) is 4.61. The highest BCUT2D eigenvalue weighted by molar-refractivity contribution is 5.83. The maximum atomic E-state index is 11.9. The van der Waals surface area contributed by atoms with Gasteiger partial charge in [0.25, 0.3) is 5.91 Å². The van der Waals surface area contributed by atoms with E-state index in [-0.39, 0.29) is 11.4 Å². The molecule has 0 saturated carbocycles. The van der Waals surface area contributed by atoms with Crippen LogP contribution in [0.25, 0.3) is 6.08 Å². The van der Waals surface area contributed by atoms with Gasteiger partial charge in [0.05, 0.1) is 11.2 Å². The number of allylic oxidation sites excluding steroid dienone is 1. The summed E-state index contributed by atoms with van der Waals surface area (Å²) >= 11 is 0. The summed E-state index contributed by atoms with van der Waals surface area (Å²) in [4.78, 5) is 22.2. The molecule has 0 aliphatic rings. The molecule has 2 rings (SSSR count). The first-order chi connectivity index (χ1) is 11.6. The highest BCUT2D eigenvalue weighted by Gasteiger charge is 2.20. The van der Waals surface area contributed by atoms with Gasteiger partial charge in [0.15, 0.2) is 11.9 Å². The van der Waals surface area contributed by atoms with E-state index >= 15 is 0 Å². The SMILES string of the molecule is C[C@@H](Oc1ccccc1[N+](=O)[O-])C(=O)N/N=C\C=C\c1ccco1. The molecule has 24 heavy (non-hydrogen) atoms. The number of hydrogen-bond donors (Lipinski definition) is 1. The molecule has 1 N–H and O–H groups in total. The maximum absolute atomic E-state index is 11.9. The minimum absolute atomic E-state index is 0.0202. The van der Waals surface area contributed by atoms with Crippen LogP contribution in [0.4, 0.5) is 5.69 Å². The number of furan rings is 1. The fraction of sp³-hybridized carbons (Fsp3) is 0.125. The summed E-state index contributed by atoms with van der Waals surface area (Å²) in [5.41, 5.74) is 2.08. The molecule has 0 aliphatic heterocycles. The quantitative estimate of drug-likeness (QED) is 0.477. The molecule has 0 spiro atoms. The number of hydrogen-bond acceptors (Lipinski definition) is 6. The van der Waals surface area contributed by atoms with Crippen molar-refractivity contribution < 1.29 is 18.9 Å². The summed E-state index contributed by atoms with van der Waals surface area (Å²) in [6.07, 6.45) is 5.23. The minimum Gasteiger partial charge on any atom is -0.474 e. The van der Waals surface area contributed by atoms with Crippen molar-refractivity contribution in [3.05, 3.63) is 64.6 Å². The molecule has 1 heterocycles. The molecule has 8 heteroatoms. The van der Waals surface area contributed by atoms with Crippen molar-refractivity contribution in [1.29, 1.82) is 0 Å². The van der Waals surface area contributed by atoms with Crippen molar-refractivity contribution in [2.24, 2.45) is 5.10 Å². The smallest absolute Gasteiger partial charge is 0.310 e. The molecule has 1 aromatic carbocycles. The molecule has 0 bridgehead atoms. The lowest BCUT2D eigenvalue weighted by atomic mass is 10.3. The van der Waals surface area contributed by atoms with Gasteiger partial charge in [-0.2, -0.15) is 5.10 Å². The summed E-state index contributed by atoms with van der Waals surface area (Å²) < 4.78 is 10.4. The normalized spacial score (nSPS) is 12.4. The van der Waals surface area contributed by atoms with Crippen LogP contribution in [0.2, 0.25) is 0 Å². The lowest BCUT2D eigenvalue weighted by Crippen LogP contribution is -2.33. The highest BCUT2D eigenvalue weighted by atomic mass is 16.6. The van der Waals surface area contributed by atoms with Crippen LogP contribution in [-0.4, -0.2) is 23.1 Å². The number of rotatable bonds is 7. The van der Waals surface area contributed by atoms with Gasteiger partial charge in [0, 0.05) is 12.3 Å². The van der Waals surface area contributed by atoms with Gasteiger partial charge in [-0.1, -0.05) is 12.1 Å². The van der Waals surface area contributed by atoms with Crippen LogP contribution < -0.4 is 10.2 Å². The van der Waals surface area contributed by atoms with Crippen LogP contribution >= 0.6 is 0 Å². The molecule has 124 valence electrons. The Morgan fingerprint density at radius 1 is 1.38 bits per heavy atom. The summed E-state index contributed by atoms with van der Waals surface area (Å²) in [6.45, 7) is 1.47. The number of carbonyl (C=O) groups excluding carboxylic acids is 1. The van der Waals surface area contributed by atoms with E-state index in [2.05, 4.69) is 10.5 Å². The van der Waals surface area contributed by atoms with Gasteiger partial charge < -0.3 is 9.15 Å². The highest BCUT2D eigenvalue weighted by Crippen LogP contribution is 2.26.